The summed E-state index contributed by atoms with van der Waals surface area (Å²) in [5.74, 6) is -1.20. The number of aromatic hydroxyl groups is 1. The first-order valence-corrected chi connectivity index (χ1v) is 43.6. The number of nitrogens with zero attached hydrogens (tertiary/aromatic N) is 6. The molecule has 0 bridgehead atoms. The summed E-state index contributed by atoms with van der Waals surface area (Å²) in [6, 6.07) is 77.0. The van der Waals surface area contributed by atoms with Crippen LogP contribution in [0.3, 0.4) is 0 Å². The molecule has 19 N–H and O–H groups in total. The number of hydrogen-bond donors (Lipinski definition) is 13. The molecule has 3 heterocycles. The Bertz CT molecular complexity index is 5080. The normalized spacial score (nSPS) is 17.3. The quantitative estimate of drug-likeness (QED) is 0.00570. The van der Waals surface area contributed by atoms with E-state index in [-0.39, 0.29) is 101 Å². The molecule has 0 unspecified atom stereocenters. The van der Waals surface area contributed by atoms with Gasteiger partial charge in [-0.05, 0) is 151 Å². The van der Waals surface area contributed by atoms with Gasteiger partial charge in [-0.3, -0.25) is 43.7 Å². The molecule has 3 aliphatic heterocycles. The molecule has 3 saturated heterocycles. The minimum Gasteiger partial charge on any atom is -0.508 e. The van der Waals surface area contributed by atoms with Crippen molar-refractivity contribution < 1.29 is 51.4 Å². The maximum Gasteiger partial charge on any atom is 0.416 e. The zero-order valence-corrected chi connectivity index (χ0v) is 72.3. The van der Waals surface area contributed by atoms with Gasteiger partial charge < -0.3 is 86.1 Å². The Morgan fingerprint density at radius 3 is 1.00 bits per heavy atom. The number of benzene rings is 9. The number of carbonyl (C=O) groups is 6. The van der Waals surface area contributed by atoms with Crippen LogP contribution in [-0.4, -0.2) is 188 Å². The number of nitrogens with one attached hydrogen (secondary N) is 6. The molecular formula is C100H118F4N18O7. The molecule has 25 nitrogen and oxygen atoms in total. The summed E-state index contributed by atoms with van der Waals surface area (Å²) in [6.45, 7) is 5.31. The number of guanidine groups is 3. The molecule has 0 radical (unpaired) electrons. The van der Waals surface area contributed by atoms with Crippen molar-refractivity contribution in [2.75, 3.05) is 78.5 Å². The number of hydrogen-bond acceptors (Lipinski definition) is 13. The van der Waals surface area contributed by atoms with Crippen molar-refractivity contribution in [1.82, 2.24) is 46.6 Å². The van der Waals surface area contributed by atoms with Gasteiger partial charge in [-0.1, -0.05) is 224 Å². The zero-order valence-electron chi connectivity index (χ0n) is 72.3. The van der Waals surface area contributed by atoms with Crippen LogP contribution in [0.4, 0.5) is 17.6 Å². The second kappa shape index (κ2) is 51.1. The fraction of sp³-hybridized carbons (Fsp3) is 0.310. The first kappa shape index (κ1) is 97.4. The number of nitrogens with two attached hydrogens (primary N) is 6. The van der Waals surface area contributed by atoms with E-state index >= 15 is 0 Å². The van der Waals surface area contributed by atoms with Crippen molar-refractivity contribution in [2.24, 2.45) is 49.4 Å². The number of amides is 6. The molecule has 3 fully saturated rings. The Morgan fingerprint density at radius 2 is 0.698 bits per heavy atom. The lowest BCUT2D eigenvalue weighted by atomic mass is 9.90. The number of halogens is 4. The first-order valence-electron chi connectivity index (χ1n) is 43.6. The largest absolute Gasteiger partial charge is 0.508 e. The van der Waals surface area contributed by atoms with E-state index in [1.54, 1.807) is 42.5 Å². The SMILES string of the molecule is NC(N)=NCCC[C@@H]1N[C@H](CNC(=O)/C=C/c2cccc(C(F)(F)F)c2)CCN(CC(c2ccccc2)c2ccccc2)C1=O.NC(N)=NCCC[C@@H]1N[C@H](CNC(=O)/C=C/c2cccc(O)c2)CCN(CC(c2ccccc2)c2ccccc2)C1=O.NC(N)=NCCC[C@@H]1N[C@H](CNC(=O)/C=C/c2ccccc2F)CCN(CC(c2ccccc2)c2ccccc2)C1=O. The topological polar surface area (TPSA) is 398 Å². The van der Waals surface area contributed by atoms with Crippen LogP contribution in [0.5, 0.6) is 5.75 Å². The molecule has 6 amide bonds. The Hall–Kier alpha value is -13.8. The van der Waals surface area contributed by atoms with Crippen molar-refractivity contribution in [1.29, 1.82) is 0 Å². The molecule has 678 valence electrons. The fourth-order valence-corrected chi connectivity index (χ4v) is 15.8. The molecule has 29 heteroatoms. The van der Waals surface area contributed by atoms with Crippen molar-refractivity contribution in [3.05, 3.63) is 334 Å². The maximum absolute atomic E-state index is 13.9. The molecule has 9 aromatic carbocycles. The smallest absolute Gasteiger partial charge is 0.416 e. The molecule has 0 aliphatic carbocycles. The Labute approximate surface area is 751 Å². The molecule has 3 aliphatic rings. The van der Waals surface area contributed by atoms with Gasteiger partial charge in [-0.15, -0.1) is 0 Å². The summed E-state index contributed by atoms with van der Waals surface area (Å²) in [4.78, 5) is 97.4. The highest BCUT2D eigenvalue weighted by Crippen LogP contribution is 2.33. The van der Waals surface area contributed by atoms with Crippen molar-refractivity contribution in [3.8, 4) is 5.75 Å². The van der Waals surface area contributed by atoms with Crippen LogP contribution in [0.25, 0.3) is 18.2 Å². The number of phenolic OH excluding ortho intramolecular Hbond substituents is 1. The van der Waals surface area contributed by atoms with Gasteiger partial charge >= 0.3 is 6.18 Å². The third kappa shape index (κ3) is 32.9. The van der Waals surface area contributed by atoms with Crippen molar-refractivity contribution in [2.45, 2.75) is 118 Å². The van der Waals surface area contributed by atoms with Gasteiger partial charge in [0.2, 0.25) is 35.4 Å². The van der Waals surface area contributed by atoms with Gasteiger partial charge in [0.15, 0.2) is 17.9 Å². The lowest BCUT2D eigenvalue weighted by molar-refractivity contribution is -0.137. The second-order valence-corrected chi connectivity index (χ2v) is 31.9. The molecule has 9 aromatic rings. The van der Waals surface area contributed by atoms with E-state index in [1.165, 1.54) is 48.6 Å². The van der Waals surface area contributed by atoms with E-state index in [2.05, 4.69) is 120 Å². The summed E-state index contributed by atoms with van der Waals surface area (Å²) < 4.78 is 53.0. The second-order valence-electron chi connectivity index (χ2n) is 31.9. The Kier molecular flexibility index (Phi) is 38.6. The standard InChI is InChI=1S/C34H39F3N6O2.C33H39FN6O2.C33H40N6O3/c35-34(36,37)27-14-7-9-24(21-27)16-17-31(44)41-22-28-18-20-43(32(45)30(42-28)15-8-19-40-33(38)39)23-29(25-10-3-1-4-11-25)26-12-5-2-6-13-26;34-29-15-8-7-14-26(29)17-18-31(41)38-22-27-19-21-40(32(42)30(39-27)16-9-20-37-33(35)36)23-28(24-10-3-1-4-11-24)25-12-5-2-6-13-25;34-33(35)36-19-8-15-30-32(42)39(23-29(25-10-3-1-4-11-25)26-12-5-2-6-13-26)20-18-27(38-30)22-37-31(41)17-16-24-9-7-14-28(40)21-24/h1-7,9-14,16-17,21,28-30,42H,8,15,18-20,22-23H2,(H,41,44)(H4,38,39,40);1-8,10-15,17-18,27-28,30,39H,9,16,19-23H2,(H,38,41)(H4,35,36,37);1-7,9-14,16-17,21,27,29-30,38,40H,8,15,18-20,22-23H2,(H,37,41)(H4,34,35,36)/b17-16+;18-17+;17-16+/t28-,30-;2*27-,30-/m000/s1. The van der Waals surface area contributed by atoms with Crippen LogP contribution < -0.4 is 66.3 Å². The van der Waals surface area contributed by atoms with Crippen LogP contribution in [0.1, 0.15) is 131 Å². The lowest BCUT2D eigenvalue weighted by Gasteiger charge is -2.29. The minimum atomic E-state index is -4.47. The van der Waals surface area contributed by atoms with Crippen LogP contribution in [0.15, 0.2) is 288 Å². The third-order valence-corrected chi connectivity index (χ3v) is 22.5. The van der Waals surface area contributed by atoms with E-state index < -0.39 is 41.6 Å². The lowest BCUT2D eigenvalue weighted by Crippen LogP contribution is -2.49. The number of alkyl halides is 3. The molecule has 0 spiro atoms. The van der Waals surface area contributed by atoms with Crippen LogP contribution in [0, 0.1) is 5.82 Å². The maximum atomic E-state index is 13.9. The Morgan fingerprint density at radius 1 is 0.403 bits per heavy atom. The van der Waals surface area contributed by atoms with Crippen molar-refractivity contribution >= 4 is 71.5 Å². The third-order valence-electron chi connectivity index (χ3n) is 22.5. The first-order chi connectivity index (χ1) is 62.4. The zero-order chi connectivity index (χ0) is 91.7. The van der Waals surface area contributed by atoms with E-state index in [1.807, 2.05) is 130 Å². The summed E-state index contributed by atoms with van der Waals surface area (Å²) in [5.41, 5.74) is 40.2. The van der Waals surface area contributed by atoms with Crippen molar-refractivity contribution in [3.63, 3.8) is 0 Å². The highest BCUT2D eigenvalue weighted by molar-refractivity contribution is 5.93. The van der Waals surface area contributed by atoms with Gasteiger partial charge in [0.05, 0.1) is 23.7 Å². The average Bonchev–Trinajstić information content (AvgIpc) is 1.66. The summed E-state index contributed by atoms with van der Waals surface area (Å²) in [7, 11) is 0. The molecule has 6 atom stereocenters. The monoisotopic (exact) mass is 1760 g/mol. The molecule has 129 heavy (non-hydrogen) atoms. The van der Waals surface area contributed by atoms with Gasteiger partial charge in [0, 0.05) is 138 Å². The summed E-state index contributed by atoms with van der Waals surface area (Å²) in [5, 5.41) is 28.7. The fourth-order valence-electron chi connectivity index (χ4n) is 15.8. The van der Waals surface area contributed by atoms with Crippen LogP contribution in [0.2, 0.25) is 0 Å². The predicted molar refractivity (Wildman–Crippen MR) is 502 cm³/mol. The van der Waals surface area contributed by atoms with E-state index in [4.69, 9.17) is 34.4 Å². The molecule has 12 rings (SSSR count). The average molecular weight is 1760 g/mol. The number of rotatable bonds is 36. The van der Waals surface area contributed by atoms with Crippen LogP contribution >= 0.6 is 0 Å². The summed E-state index contributed by atoms with van der Waals surface area (Å²) in [6.07, 6.45) is 9.34. The van der Waals surface area contributed by atoms with E-state index in [0.717, 1.165) is 51.1 Å². The molecular weight excluding hydrogens is 1640 g/mol. The van der Waals surface area contributed by atoms with E-state index in [9.17, 15) is 51.4 Å². The number of carbonyl (C=O) groups excluding carboxylic acids is 6. The predicted octanol–water partition coefficient (Wildman–Crippen LogP) is 10.6. The van der Waals surface area contributed by atoms with Gasteiger partial charge in [0.1, 0.15) is 11.6 Å². The number of phenols is 1. The number of aliphatic imine (C=N–C) groups is 3. The van der Waals surface area contributed by atoms with Gasteiger partial charge in [-0.25, -0.2) is 4.39 Å². The van der Waals surface area contributed by atoms with E-state index in [0.29, 0.717) is 135 Å². The molecule has 0 aromatic heterocycles. The minimum absolute atomic E-state index is 0.0101. The molecule has 0 saturated carbocycles. The Balaban J connectivity index is 0.000000201. The van der Waals surface area contributed by atoms with Crippen LogP contribution in [-0.2, 0) is 34.9 Å². The highest BCUT2D eigenvalue weighted by Gasteiger charge is 2.37. The summed E-state index contributed by atoms with van der Waals surface area (Å²) >= 11 is 0. The van der Waals surface area contributed by atoms with Gasteiger partial charge in [0.25, 0.3) is 0 Å². The highest BCUT2D eigenvalue weighted by atomic mass is 19.4. The van der Waals surface area contributed by atoms with Gasteiger partial charge in [-0.2, -0.15) is 13.2 Å².